The molecule has 0 saturated heterocycles. The first-order chi connectivity index (χ1) is 8.91. The standard InChI is InChI=1S/C17H30ClP/c1-4-5-6-7-8-12-15-19(2,3,18)16-17-13-10-9-11-14-17/h9-11,13-14H,4-8,12,15-16H2,1-3H3. The summed E-state index contributed by atoms with van der Waals surface area (Å²) in [6.07, 6.45) is 10.4. The molecule has 1 aromatic rings. The van der Waals surface area contributed by atoms with Crippen molar-refractivity contribution in [1.82, 2.24) is 0 Å². The number of benzene rings is 1. The molecule has 0 heterocycles. The van der Waals surface area contributed by atoms with Crippen molar-refractivity contribution in [2.45, 2.75) is 51.6 Å². The molecule has 19 heavy (non-hydrogen) atoms. The molecule has 0 atom stereocenters. The Morgan fingerprint density at radius 1 is 0.895 bits per heavy atom. The van der Waals surface area contributed by atoms with E-state index in [1.54, 1.807) is 0 Å². The summed E-state index contributed by atoms with van der Waals surface area (Å²) in [7, 11) is 0. The Kier molecular flexibility index (Phi) is 6.84. The van der Waals surface area contributed by atoms with Gasteiger partial charge in [0.15, 0.2) is 0 Å². The molecule has 0 N–H and O–H groups in total. The van der Waals surface area contributed by atoms with Crippen LogP contribution in [-0.2, 0) is 6.16 Å². The van der Waals surface area contributed by atoms with Gasteiger partial charge in [-0.3, -0.25) is 0 Å². The van der Waals surface area contributed by atoms with E-state index < -0.39 is 5.96 Å². The van der Waals surface area contributed by atoms with Crippen LogP contribution in [0.3, 0.4) is 0 Å². The summed E-state index contributed by atoms with van der Waals surface area (Å²) in [6.45, 7) is 6.92. The Morgan fingerprint density at radius 3 is 2.11 bits per heavy atom. The van der Waals surface area contributed by atoms with Crippen LogP contribution in [0, 0.1) is 0 Å². The minimum absolute atomic E-state index is 1.07. The van der Waals surface area contributed by atoms with Crippen molar-refractivity contribution in [3.8, 4) is 0 Å². The Balaban J connectivity index is 2.36. The predicted octanol–water partition coefficient (Wildman–Crippen LogP) is 6.51. The summed E-state index contributed by atoms with van der Waals surface area (Å²) in [5, 5.41) is 0. The fraction of sp³-hybridized carbons (Fsp3) is 0.647. The van der Waals surface area contributed by atoms with Crippen LogP contribution in [0.2, 0.25) is 0 Å². The van der Waals surface area contributed by atoms with Crippen LogP contribution in [-0.4, -0.2) is 19.5 Å². The summed E-state index contributed by atoms with van der Waals surface area (Å²) in [5.41, 5.74) is 1.39. The second-order valence-corrected chi connectivity index (χ2v) is 15.9. The van der Waals surface area contributed by atoms with E-state index in [1.165, 1.54) is 50.3 Å². The number of rotatable bonds is 9. The third kappa shape index (κ3) is 7.95. The minimum atomic E-state index is -2.01. The molecule has 0 aliphatic heterocycles. The van der Waals surface area contributed by atoms with Crippen LogP contribution in [0.5, 0.6) is 0 Å². The van der Waals surface area contributed by atoms with Crippen molar-refractivity contribution in [2.24, 2.45) is 0 Å². The Labute approximate surface area is 124 Å². The van der Waals surface area contributed by atoms with Gasteiger partial charge in [0.1, 0.15) is 0 Å². The van der Waals surface area contributed by atoms with Crippen LogP contribution in [0.4, 0.5) is 0 Å². The second kappa shape index (κ2) is 7.65. The van der Waals surface area contributed by atoms with Gasteiger partial charge in [-0.25, -0.2) is 0 Å². The maximum absolute atomic E-state index is 7.00. The second-order valence-electron chi connectivity index (χ2n) is 6.65. The van der Waals surface area contributed by atoms with Crippen molar-refractivity contribution >= 4 is 17.2 Å². The molecule has 0 aliphatic rings. The van der Waals surface area contributed by atoms with Crippen LogP contribution in [0.1, 0.15) is 51.0 Å². The summed E-state index contributed by atoms with van der Waals surface area (Å²) >= 11 is 7.00. The number of unbranched alkanes of at least 4 members (excludes halogenated alkanes) is 5. The van der Waals surface area contributed by atoms with E-state index in [0.717, 1.165) is 6.16 Å². The Bertz CT molecular complexity index is 351. The first-order valence-corrected chi connectivity index (χ1v) is 12.1. The van der Waals surface area contributed by atoms with E-state index in [4.69, 9.17) is 11.2 Å². The molecule has 0 radical (unpaired) electrons. The van der Waals surface area contributed by atoms with E-state index in [-0.39, 0.29) is 0 Å². The third-order valence-corrected chi connectivity index (χ3v) is 7.62. The molecule has 0 bridgehead atoms. The molecule has 0 fully saturated rings. The van der Waals surface area contributed by atoms with Crippen molar-refractivity contribution in [1.29, 1.82) is 0 Å². The van der Waals surface area contributed by atoms with E-state index in [9.17, 15) is 0 Å². The summed E-state index contributed by atoms with van der Waals surface area (Å²) in [5.74, 6) is -2.01. The number of hydrogen-bond donors (Lipinski definition) is 0. The molecule has 0 aliphatic carbocycles. The fourth-order valence-corrected chi connectivity index (χ4v) is 6.07. The predicted molar refractivity (Wildman–Crippen MR) is 93.0 cm³/mol. The van der Waals surface area contributed by atoms with Crippen molar-refractivity contribution in [3.63, 3.8) is 0 Å². The molecule has 0 unspecified atom stereocenters. The van der Waals surface area contributed by atoms with Gasteiger partial charge in [-0.2, -0.15) is 0 Å². The van der Waals surface area contributed by atoms with E-state index in [0.29, 0.717) is 0 Å². The Morgan fingerprint density at radius 2 is 1.47 bits per heavy atom. The van der Waals surface area contributed by atoms with Gasteiger partial charge in [-0.1, -0.05) is 0 Å². The molecule has 0 saturated carbocycles. The molecule has 0 amide bonds. The van der Waals surface area contributed by atoms with Crippen molar-refractivity contribution in [3.05, 3.63) is 35.9 Å². The number of halogens is 1. The summed E-state index contributed by atoms with van der Waals surface area (Å²) < 4.78 is 0. The molecule has 2 heteroatoms. The van der Waals surface area contributed by atoms with Gasteiger partial charge in [-0.15, -0.1) is 0 Å². The maximum atomic E-state index is 7.00. The van der Waals surface area contributed by atoms with Gasteiger partial charge in [0.05, 0.1) is 0 Å². The molecule has 0 aromatic heterocycles. The van der Waals surface area contributed by atoms with E-state index in [2.05, 4.69) is 50.6 Å². The molecule has 0 nitrogen and oxygen atoms in total. The molecular weight excluding hydrogens is 271 g/mol. The summed E-state index contributed by atoms with van der Waals surface area (Å²) in [4.78, 5) is 0. The van der Waals surface area contributed by atoms with Gasteiger partial charge in [0.2, 0.25) is 0 Å². The van der Waals surface area contributed by atoms with Crippen LogP contribution >= 0.6 is 17.2 Å². The van der Waals surface area contributed by atoms with Crippen LogP contribution in [0.15, 0.2) is 30.3 Å². The van der Waals surface area contributed by atoms with Gasteiger partial charge < -0.3 is 0 Å². The van der Waals surface area contributed by atoms with E-state index >= 15 is 0 Å². The average Bonchev–Trinajstić information content (AvgIpc) is 2.33. The zero-order valence-corrected chi connectivity index (χ0v) is 14.5. The summed E-state index contributed by atoms with van der Waals surface area (Å²) in [6, 6.07) is 10.7. The first kappa shape index (κ1) is 17.0. The van der Waals surface area contributed by atoms with Gasteiger partial charge >= 0.3 is 124 Å². The van der Waals surface area contributed by atoms with Crippen molar-refractivity contribution < 1.29 is 0 Å². The molecular formula is C17H30ClP. The monoisotopic (exact) mass is 300 g/mol. The zero-order valence-electron chi connectivity index (χ0n) is 12.9. The molecule has 110 valence electrons. The normalized spacial score (nSPS) is 14.0. The van der Waals surface area contributed by atoms with Gasteiger partial charge in [-0.05, 0) is 0 Å². The van der Waals surface area contributed by atoms with Crippen LogP contribution in [0.25, 0.3) is 0 Å². The van der Waals surface area contributed by atoms with Gasteiger partial charge in [0.25, 0.3) is 0 Å². The quantitative estimate of drug-likeness (QED) is 0.360. The Hall–Kier alpha value is -0.0600. The molecule has 1 rings (SSSR count). The first-order valence-electron chi connectivity index (χ1n) is 7.67. The average molecular weight is 301 g/mol. The SMILES string of the molecule is CCCCCCCCP(C)(C)(Cl)Cc1ccccc1. The number of hydrogen-bond acceptors (Lipinski definition) is 0. The van der Waals surface area contributed by atoms with Gasteiger partial charge in [0, 0.05) is 0 Å². The third-order valence-electron chi connectivity index (χ3n) is 3.71. The molecule has 0 spiro atoms. The topological polar surface area (TPSA) is 0 Å². The van der Waals surface area contributed by atoms with Crippen molar-refractivity contribution in [2.75, 3.05) is 19.5 Å². The zero-order chi connectivity index (χ0) is 14.2. The fourth-order valence-electron chi connectivity index (χ4n) is 2.61. The van der Waals surface area contributed by atoms with Crippen LogP contribution < -0.4 is 0 Å². The van der Waals surface area contributed by atoms with E-state index in [1.807, 2.05) is 0 Å². The molecule has 1 aromatic carbocycles.